The standard InChI is InChI=1S/C21H19NO/c1-12(2)13(3)19-16-9-5-7-15-8-6-10-17(20(15)16)21(19)18(11-22)14(4)23/h5-10,12H,1-4H3/b19-13?,21-18-. The number of hydrogen-bond acceptors (Lipinski definition) is 2. The van der Waals surface area contributed by atoms with E-state index in [0.29, 0.717) is 5.92 Å². The molecular weight excluding hydrogens is 282 g/mol. The summed E-state index contributed by atoms with van der Waals surface area (Å²) in [6.07, 6.45) is 0. The molecule has 23 heavy (non-hydrogen) atoms. The fraction of sp³-hybridized carbons (Fsp3) is 0.238. The van der Waals surface area contributed by atoms with Gasteiger partial charge in [-0.25, -0.2) is 0 Å². The Bertz CT molecular complexity index is 931. The van der Waals surface area contributed by atoms with Gasteiger partial charge in [-0.05, 0) is 47.2 Å². The number of ketones is 1. The average Bonchev–Trinajstić information content (AvgIpc) is 2.84. The normalized spacial score (nSPS) is 17.4. The van der Waals surface area contributed by atoms with Gasteiger partial charge < -0.3 is 0 Å². The van der Waals surface area contributed by atoms with Gasteiger partial charge in [0.15, 0.2) is 5.78 Å². The first-order valence-electron chi connectivity index (χ1n) is 7.86. The Kier molecular flexibility index (Phi) is 3.66. The van der Waals surface area contributed by atoms with Crippen LogP contribution in [0.4, 0.5) is 0 Å². The summed E-state index contributed by atoms with van der Waals surface area (Å²) in [5.74, 6) is 0.165. The Morgan fingerprint density at radius 2 is 1.57 bits per heavy atom. The molecule has 1 aliphatic rings. The molecule has 0 radical (unpaired) electrons. The number of rotatable bonds is 2. The van der Waals surface area contributed by atoms with Crippen LogP contribution in [0.5, 0.6) is 0 Å². The molecule has 0 heterocycles. The highest BCUT2D eigenvalue weighted by molar-refractivity contribution is 6.28. The molecule has 0 aliphatic heterocycles. The summed E-state index contributed by atoms with van der Waals surface area (Å²) in [6, 6.07) is 14.4. The molecule has 0 saturated heterocycles. The molecular formula is C21H19NO. The van der Waals surface area contributed by atoms with Gasteiger partial charge in [0.05, 0.1) is 0 Å². The minimum atomic E-state index is -0.179. The molecule has 2 aromatic rings. The summed E-state index contributed by atoms with van der Waals surface area (Å²) in [5.41, 5.74) is 5.45. The topological polar surface area (TPSA) is 40.9 Å². The van der Waals surface area contributed by atoms with E-state index in [4.69, 9.17) is 0 Å². The van der Waals surface area contributed by atoms with E-state index in [2.05, 4.69) is 45.0 Å². The molecule has 0 N–H and O–H groups in total. The Hall–Kier alpha value is -2.66. The molecule has 0 saturated carbocycles. The van der Waals surface area contributed by atoms with Crippen molar-refractivity contribution in [3.63, 3.8) is 0 Å². The number of nitriles is 1. The van der Waals surface area contributed by atoms with Crippen molar-refractivity contribution in [2.24, 2.45) is 5.92 Å². The molecule has 0 bridgehead atoms. The molecule has 114 valence electrons. The quantitative estimate of drug-likeness (QED) is 0.568. The zero-order chi connectivity index (χ0) is 16.7. The monoisotopic (exact) mass is 301 g/mol. The van der Waals surface area contributed by atoms with Crippen LogP contribution in [-0.4, -0.2) is 5.78 Å². The van der Waals surface area contributed by atoms with Crippen molar-refractivity contribution in [2.75, 3.05) is 0 Å². The zero-order valence-corrected chi connectivity index (χ0v) is 13.9. The van der Waals surface area contributed by atoms with Crippen LogP contribution in [0.25, 0.3) is 21.9 Å². The third-order valence-corrected chi connectivity index (χ3v) is 4.67. The van der Waals surface area contributed by atoms with Crippen LogP contribution in [0, 0.1) is 17.2 Å². The fourth-order valence-corrected chi connectivity index (χ4v) is 3.30. The maximum atomic E-state index is 12.1. The fourth-order valence-electron chi connectivity index (χ4n) is 3.30. The summed E-state index contributed by atoms with van der Waals surface area (Å²) in [6.45, 7) is 7.85. The van der Waals surface area contributed by atoms with Crippen molar-refractivity contribution < 1.29 is 4.79 Å². The summed E-state index contributed by atoms with van der Waals surface area (Å²) in [5, 5.41) is 11.9. The molecule has 0 fully saturated rings. The summed E-state index contributed by atoms with van der Waals surface area (Å²) < 4.78 is 0. The van der Waals surface area contributed by atoms with Crippen molar-refractivity contribution in [2.45, 2.75) is 27.7 Å². The van der Waals surface area contributed by atoms with Crippen LogP contribution in [-0.2, 0) is 4.79 Å². The van der Waals surface area contributed by atoms with Crippen LogP contribution < -0.4 is 0 Å². The Morgan fingerprint density at radius 1 is 1.00 bits per heavy atom. The van der Waals surface area contributed by atoms with Gasteiger partial charge in [0.1, 0.15) is 11.6 Å². The first kappa shape index (κ1) is 15.2. The molecule has 2 heteroatoms. The molecule has 0 aromatic heterocycles. The van der Waals surface area contributed by atoms with E-state index in [1.54, 1.807) is 0 Å². The van der Waals surface area contributed by atoms with Gasteiger partial charge in [0, 0.05) is 5.57 Å². The summed E-state index contributed by atoms with van der Waals surface area (Å²) >= 11 is 0. The molecule has 3 rings (SSSR count). The number of Topliss-reactive ketones (excluding diaryl/α,β-unsaturated/α-hetero) is 1. The average molecular weight is 301 g/mol. The predicted molar refractivity (Wildman–Crippen MR) is 94.6 cm³/mol. The first-order valence-corrected chi connectivity index (χ1v) is 7.86. The van der Waals surface area contributed by atoms with Crippen molar-refractivity contribution in [1.82, 2.24) is 0 Å². The van der Waals surface area contributed by atoms with Crippen LogP contribution in [0.3, 0.4) is 0 Å². The first-order chi connectivity index (χ1) is 11.0. The van der Waals surface area contributed by atoms with Gasteiger partial charge >= 0.3 is 0 Å². The lowest BCUT2D eigenvalue weighted by Crippen LogP contribution is -2.01. The van der Waals surface area contributed by atoms with E-state index in [1.165, 1.54) is 12.5 Å². The highest BCUT2D eigenvalue weighted by Crippen LogP contribution is 2.49. The number of benzene rings is 2. The largest absolute Gasteiger partial charge is 0.294 e. The van der Waals surface area contributed by atoms with E-state index < -0.39 is 0 Å². The van der Waals surface area contributed by atoms with E-state index in [1.807, 2.05) is 18.2 Å². The Balaban J connectivity index is 2.55. The van der Waals surface area contributed by atoms with E-state index in [0.717, 1.165) is 33.0 Å². The van der Waals surface area contributed by atoms with Gasteiger partial charge in [-0.3, -0.25) is 4.79 Å². The lowest BCUT2D eigenvalue weighted by molar-refractivity contribution is -0.113. The highest BCUT2D eigenvalue weighted by Gasteiger charge is 2.29. The van der Waals surface area contributed by atoms with Crippen LogP contribution in [0.15, 0.2) is 47.5 Å². The van der Waals surface area contributed by atoms with Crippen molar-refractivity contribution in [3.05, 3.63) is 58.7 Å². The van der Waals surface area contributed by atoms with E-state index in [9.17, 15) is 10.1 Å². The second-order valence-corrected chi connectivity index (χ2v) is 6.34. The maximum absolute atomic E-state index is 12.1. The van der Waals surface area contributed by atoms with Crippen LogP contribution in [0.2, 0.25) is 0 Å². The molecule has 1 aliphatic carbocycles. The minimum Gasteiger partial charge on any atom is -0.294 e. The Morgan fingerprint density at radius 3 is 2.04 bits per heavy atom. The second-order valence-electron chi connectivity index (χ2n) is 6.34. The van der Waals surface area contributed by atoms with Gasteiger partial charge in [0.2, 0.25) is 0 Å². The number of carbonyl (C=O) groups is 1. The van der Waals surface area contributed by atoms with Crippen molar-refractivity contribution in [1.29, 1.82) is 5.26 Å². The predicted octanol–water partition coefficient (Wildman–Crippen LogP) is 5.15. The van der Waals surface area contributed by atoms with Crippen LogP contribution in [0.1, 0.15) is 38.8 Å². The number of allylic oxidation sites excluding steroid dienone is 4. The Labute approximate surface area is 136 Å². The SMILES string of the molecule is CC(=O)/C(C#N)=C1\C(=C(C)C(C)C)c2cccc3cccc1c23. The van der Waals surface area contributed by atoms with E-state index >= 15 is 0 Å². The highest BCUT2D eigenvalue weighted by atomic mass is 16.1. The minimum absolute atomic E-state index is 0.179. The van der Waals surface area contributed by atoms with Gasteiger partial charge in [-0.2, -0.15) is 5.26 Å². The van der Waals surface area contributed by atoms with Gasteiger partial charge in [-0.15, -0.1) is 0 Å². The molecule has 0 unspecified atom stereocenters. The third-order valence-electron chi connectivity index (χ3n) is 4.67. The number of nitrogens with zero attached hydrogens (tertiary/aromatic N) is 1. The van der Waals surface area contributed by atoms with Crippen molar-refractivity contribution in [3.8, 4) is 6.07 Å². The summed E-state index contributed by atoms with van der Waals surface area (Å²) in [4.78, 5) is 12.1. The third kappa shape index (κ3) is 2.21. The summed E-state index contributed by atoms with van der Waals surface area (Å²) in [7, 11) is 0. The van der Waals surface area contributed by atoms with Gasteiger partial charge in [0.25, 0.3) is 0 Å². The molecule has 2 nitrogen and oxygen atoms in total. The second kappa shape index (κ2) is 5.52. The number of carbonyl (C=O) groups excluding carboxylic acids is 1. The molecule has 0 spiro atoms. The lowest BCUT2D eigenvalue weighted by Gasteiger charge is -2.14. The van der Waals surface area contributed by atoms with Crippen LogP contribution >= 0.6 is 0 Å². The molecule has 0 amide bonds. The zero-order valence-electron chi connectivity index (χ0n) is 13.9. The lowest BCUT2D eigenvalue weighted by atomic mass is 9.88. The van der Waals surface area contributed by atoms with Crippen molar-refractivity contribution >= 4 is 27.7 Å². The smallest absolute Gasteiger partial charge is 0.170 e. The number of hydrogen-bond donors (Lipinski definition) is 0. The van der Waals surface area contributed by atoms with Gasteiger partial charge in [-0.1, -0.05) is 55.8 Å². The molecule has 0 atom stereocenters. The molecule has 2 aromatic carbocycles. The van der Waals surface area contributed by atoms with E-state index in [-0.39, 0.29) is 11.4 Å². The maximum Gasteiger partial charge on any atom is 0.170 e.